The van der Waals surface area contributed by atoms with E-state index in [1.165, 1.54) is 16.0 Å². The van der Waals surface area contributed by atoms with Gasteiger partial charge in [0, 0.05) is 30.4 Å². The van der Waals surface area contributed by atoms with E-state index in [1.54, 1.807) is 11.8 Å². The molecule has 1 N–H and O–H groups in total. The van der Waals surface area contributed by atoms with Gasteiger partial charge in [0.2, 0.25) is 5.91 Å². The highest BCUT2D eigenvalue weighted by Gasteiger charge is 2.28. The number of fused-ring (bicyclic) bond motifs is 1. The third-order valence-electron chi connectivity index (χ3n) is 3.97. The number of unbranched alkanes of at least 4 members (excludes halogenated alkanes) is 1. The number of nitrogens with zero attached hydrogens (tertiary/aromatic N) is 2. The molecule has 0 bridgehead atoms. The molecule has 1 aliphatic rings. The lowest BCUT2D eigenvalue weighted by molar-refractivity contribution is -0.122. The highest BCUT2D eigenvalue weighted by molar-refractivity contribution is 7.99. The lowest BCUT2D eigenvalue weighted by Gasteiger charge is -2.11. The van der Waals surface area contributed by atoms with Gasteiger partial charge in [-0.05, 0) is 36.5 Å². The Labute approximate surface area is 135 Å². The topological polar surface area (TPSA) is 46.9 Å². The SMILES string of the molecule is Cn1cc(CCCCNC(=O)[C@@H]2CSc3ccccc32)cn1. The zero-order valence-electron chi connectivity index (χ0n) is 12.8. The summed E-state index contributed by atoms with van der Waals surface area (Å²) in [7, 11) is 1.93. The van der Waals surface area contributed by atoms with E-state index in [-0.39, 0.29) is 11.8 Å². The molecular weight excluding hydrogens is 294 g/mol. The molecule has 2 aromatic rings. The van der Waals surface area contributed by atoms with E-state index < -0.39 is 0 Å². The second-order valence-corrected chi connectivity index (χ2v) is 6.73. The summed E-state index contributed by atoms with van der Waals surface area (Å²) in [6.07, 6.45) is 7.05. The van der Waals surface area contributed by atoms with Crippen LogP contribution in [-0.2, 0) is 18.3 Å². The molecule has 3 rings (SSSR count). The predicted octanol–water partition coefficient (Wildman–Crippen LogP) is 2.75. The first kappa shape index (κ1) is 15.2. The van der Waals surface area contributed by atoms with Gasteiger partial charge in [-0.3, -0.25) is 9.48 Å². The fraction of sp³-hybridized carbons (Fsp3) is 0.412. The Hall–Kier alpha value is -1.75. The monoisotopic (exact) mass is 315 g/mol. The molecule has 1 amide bonds. The van der Waals surface area contributed by atoms with Gasteiger partial charge < -0.3 is 5.32 Å². The van der Waals surface area contributed by atoms with Crippen LogP contribution in [0.2, 0.25) is 0 Å². The summed E-state index contributed by atoms with van der Waals surface area (Å²) in [5.74, 6) is 1.04. The van der Waals surface area contributed by atoms with Crippen LogP contribution in [0.4, 0.5) is 0 Å². The van der Waals surface area contributed by atoms with Crippen LogP contribution in [0.15, 0.2) is 41.6 Å². The van der Waals surface area contributed by atoms with Gasteiger partial charge in [0.1, 0.15) is 0 Å². The summed E-state index contributed by atoms with van der Waals surface area (Å²) in [6, 6.07) is 8.21. The van der Waals surface area contributed by atoms with E-state index >= 15 is 0 Å². The summed E-state index contributed by atoms with van der Waals surface area (Å²) in [4.78, 5) is 13.6. The number of nitrogens with one attached hydrogen (secondary N) is 1. The third-order valence-corrected chi connectivity index (χ3v) is 5.15. The third kappa shape index (κ3) is 3.53. The van der Waals surface area contributed by atoms with Gasteiger partial charge in [0.15, 0.2) is 0 Å². The lowest BCUT2D eigenvalue weighted by Crippen LogP contribution is -2.30. The second-order valence-electron chi connectivity index (χ2n) is 5.67. The quantitative estimate of drug-likeness (QED) is 0.834. The van der Waals surface area contributed by atoms with Crippen LogP contribution in [0.25, 0.3) is 0 Å². The molecule has 1 aromatic carbocycles. The van der Waals surface area contributed by atoms with Gasteiger partial charge in [0.25, 0.3) is 0 Å². The van der Waals surface area contributed by atoms with Crippen LogP contribution < -0.4 is 5.32 Å². The minimum absolute atomic E-state index is 0.0134. The molecule has 1 aliphatic heterocycles. The van der Waals surface area contributed by atoms with Crippen molar-refractivity contribution in [2.24, 2.45) is 7.05 Å². The average molecular weight is 315 g/mol. The highest BCUT2D eigenvalue weighted by atomic mass is 32.2. The maximum Gasteiger partial charge on any atom is 0.228 e. The fourth-order valence-electron chi connectivity index (χ4n) is 2.77. The van der Waals surface area contributed by atoms with Gasteiger partial charge in [-0.1, -0.05) is 18.2 Å². The average Bonchev–Trinajstić information content (AvgIpc) is 3.13. The molecule has 0 saturated carbocycles. The Morgan fingerprint density at radius 2 is 2.27 bits per heavy atom. The number of aromatic nitrogens is 2. The molecule has 0 spiro atoms. The Kier molecular flexibility index (Phi) is 4.83. The number of rotatable bonds is 6. The molecule has 0 radical (unpaired) electrons. The Balaban J connectivity index is 1.40. The molecule has 1 aromatic heterocycles. The normalized spacial score (nSPS) is 16.5. The number of aryl methyl sites for hydroxylation is 2. The summed E-state index contributed by atoms with van der Waals surface area (Å²) < 4.78 is 1.83. The Bertz CT molecular complexity index is 653. The summed E-state index contributed by atoms with van der Waals surface area (Å²) in [5, 5.41) is 7.25. The van der Waals surface area contributed by atoms with E-state index in [0.29, 0.717) is 0 Å². The largest absolute Gasteiger partial charge is 0.356 e. The van der Waals surface area contributed by atoms with E-state index in [2.05, 4.69) is 22.5 Å². The van der Waals surface area contributed by atoms with E-state index in [9.17, 15) is 4.79 Å². The van der Waals surface area contributed by atoms with Crippen molar-refractivity contribution in [1.29, 1.82) is 0 Å². The molecule has 2 heterocycles. The number of hydrogen-bond donors (Lipinski definition) is 1. The molecule has 4 nitrogen and oxygen atoms in total. The first-order valence-electron chi connectivity index (χ1n) is 7.71. The van der Waals surface area contributed by atoms with Crippen LogP contribution in [0, 0.1) is 0 Å². The van der Waals surface area contributed by atoms with Crippen molar-refractivity contribution in [2.45, 2.75) is 30.1 Å². The molecule has 0 unspecified atom stereocenters. The van der Waals surface area contributed by atoms with Crippen molar-refractivity contribution in [3.63, 3.8) is 0 Å². The van der Waals surface area contributed by atoms with Crippen molar-refractivity contribution < 1.29 is 4.79 Å². The van der Waals surface area contributed by atoms with E-state index in [0.717, 1.165) is 31.6 Å². The van der Waals surface area contributed by atoms with Crippen LogP contribution >= 0.6 is 11.8 Å². The van der Waals surface area contributed by atoms with Crippen molar-refractivity contribution >= 4 is 17.7 Å². The van der Waals surface area contributed by atoms with Gasteiger partial charge in [0.05, 0.1) is 12.1 Å². The number of benzene rings is 1. The van der Waals surface area contributed by atoms with Crippen molar-refractivity contribution in [1.82, 2.24) is 15.1 Å². The van der Waals surface area contributed by atoms with Crippen LogP contribution in [0.3, 0.4) is 0 Å². The molecule has 0 saturated heterocycles. The molecule has 0 aliphatic carbocycles. The van der Waals surface area contributed by atoms with Crippen LogP contribution in [-0.4, -0.2) is 28.0 Å². The van der Waals surface area contributed by atoms with Crippen LogP contribution in [0.5, 0.6) is 0 Å². The standard InChI is InChI=1S/C17H21N3OS/c1-20-11-13(10-19-20)6-4-5-9-18-17(21)15-12-22-16-8-3-2-7-14(15)16/h2-3,7-8,10-11,15H,4-6,9,12H2,1H3,(H,18,21)/t15-/m1/s1. The van der Waals surface area contributed by atoms with Crippen molar-refractivity contribution in [2.75, 3.05) is 12.3 Å². The minimum atomic E-state index is 0.0134. The molecule has 0 fully saturated rings. The Morgan fingerprint density at radius 1 is 1.41 bits per heavy atom. The summed E-state index contributed by atoms with van der Waals surface area (Å²) in [5.41, 5.74) is 2.44. The molecule has 116 valence electrons. The Morgan fingerprint density at radius 3 is 3.09 bits per heavy atom. The van der Waals surface area contributed by atoms with E-state index in [1.807, 2.05) is 36.3 Å². The molecule has 1 atom stereocenters. The first-order chi connectivity index (χ1) is 10.7. The first-order valence-corrected chi connectivity index (χ1v) is 8.69. The van der Waals surface area contributed by atoms with Gasteiger partial charge >= 0.3 is 0 Å². The summed E-state index contributed by atoms with van der Waals surface area (Å²) in [6.45, 7) is 0.752. The van der Waals surface area contributed by atoms with Crippen molar-refractivity contribution in [3.05, 3.63) is 47.8 Å². The van der Waals surface area contributed by atoms with Crippen LogP contribution in [0.1, 0.15) is 29.9 Å². The van der Waals surface area contributed by atoms with Gasteiger partial charge in [-0.15, -0.1) is 11.8 Å². The summed E-state index contributed by atoms with van der Waals surface area (Å²) >= 11 is 1.78. The maximum atomic E-state index is 12.3. The zero-order valence-corrected chi connectivity index (χ0v) is 13.6. The second kappa shape index (κ2) is 7.01. The zero-order chi connectivity index (χ0) is 15.4. The molecule has 5 heteroatoms. The van der Waals surface area contributed by atoms with E-state index in [4.69, 9.17) is 0 Å². The highest BCUT2D eigenvalue weighted by Crippen LogP contribution is 2.39. The number of amides is 1. The van der Waals surface area contributed by atoms with Gasteiger partial charge in [-0.2, -0.15) is 5.10 Å². The molecular formula is C17H21N3OS. The lowest BCUT2D eigenvalue weighted by atomic mass is 10.0. The maximum absolute atomic E-state index is 12.3. The number of hydrogen-bond acceptors (Lipinski definition) is 3. The number of carbonyl (C=O) groups is 1. The predicted molar refractivity (Wildman–Crippen MR) is 89.1 cm³/mol. The fourth-order valence-corrected chi connectivity index (χ4v) is 4.00. The van der Waals surface area contributed by atoms with Crippen molar-refractivity contribution in [3.8, 4) is 0 Å². The van der Waals surface area contributed by atoms with Gasteiger partial charge in [-0.25, -0.2) is 0 Å². The smallest absolute Gasteiger partial charge is 0.228 e. The minimum Gasteiger partial charge on any atom is -0.356 e. The number of carbonyl (C=O) groups excluding carboxylic acids is 1. The number of thioether (sulfide) groups is 1. The molecule has 22 heavy (non-hydrogen) atoms.